The number of fused-ring (bicyclic) bond motifs is 2. The highest BCUT2D eigenvalue weighted by atomic mass is 16.5. The Bertz CT molecular complexity index is 739. The Balaban J connectivity index is 2.25. The van der Waals surface area contributed by atoms with Crippen molar-refractivity contribution >= 4 is 10.9 Å². The van der Waals surface area contributed by atoms with E-state index in [0.717, 1.165) is 25.3 Å². The van der Waals surface area contributed by atoms with Crippen molar-refractivity contribution in [1.82, 2.24) is 14.5 Å². The van der Waals surface area contributed by atoms with E-state index in [-0.39, 0.29) is 5.56 Å². The molecule has 0 amide bonds. The normalized spacial score (nSPS) is 15.6. The molecule has 0 N–H and O–H groups in total. The maximum absolute atomic E-state index is 12.7. The third-order valence-corrected chi connectivity index (χ3v) is 3.96. The van der Waals surface area contributed by atoms with Crippen LogP contribution in [-0.2, 0) is 13.0 Å². The van der Waals surface area contributed by atoms with Gasteiger partial charge in [-0.3, -0.25) is 9.36 Å². The fourth-order valence-corrected chi connectivity index (χ4v) is 2.69. The largest absolute Gasteiger partial charge is 0.493 e. The van der Waals surface area contributed by atoms with E-state index in [1.54, 1.807) is 30.9 Å². The lowest BCUT2D eigenvalue weighted by atomic mass is 10.2. The first-order valence-corrected chi connectivity index (χ1v) is 6.98. The van der Waals surface area contributed by atoms with Crippen LogP contribution in [0.5, 0.6) is 11.5 Å². The Morgan fingerprint density at radius 2 is 1.81 bits per heavy atom. The standard InChI is InChI=1S/C15H19N3O3/c1-17-5-4-14-16-11-9-13(21-3)12(20-2)8-10(11)15(19)18(14)7-6-17/h8-9H,4-7H2,1-3H3. The second-order valence-corrected chi connectivity index (χ2v) is 5.26. The maximum atomic E-state index is 12.7. The molecule has 21 heavy (non-hydrogen) atoms. The van der Waals surface area contributed by atoms with Crippen molar-refractivity contribution in [3.05, 3.63) is 28.3 Å². The summed E-state index contributed by atoms with van der Waals surface area (Å²) >= 11 is 0. The Morgan fingerprint density at radius 1 is 1.10 bits per heavy atom. The zero-order valence-electron chi connectivity index (χ0n) is 12.5. The molecule has 1 aliphatic heterocycles. The van der Waals surface area contributed by atoms with Gasteiger partial charge in [-0.05, 0) is 13.1 Å². The lowest BCUT2D eigenvalue weighted by Crippen LogP contribution is -2.27. The molecular formula is C15H19N3O3. The lowest BCUT2D eigenvalue weighted by molar-refractivity contribution is 0.341. The molecule has 0 bridgehead atoms. The highest BCUT2D eigenvalue weighted by Crippen LogP contribution is 2.30. The number of methoxy groups -OCH3 is 2. The number of rotatable bonds is 2. The molecule has 0 spiro atoms. The number of ether oxygens (including phenoxy) is 2. The summed E-state index contributed by atoms with van der Waals surface area (Å²) in [7, 11) is 5.20. The van der Waals surface area contributed by atoms with Crippen LogP contribution in [0.15, 0.2) is 16.9 Å². The number of likely N-dealkylation sites (N-methyl/N-ethyl adjacent to an activating group) is 1. The maximum Gasteiger partial charge on any atom is 0.261 e. The van der Waals surface area contributed by atoms with Gasteiger partial charge >= 0.3 is 0 Å². The van der Waals surface area contributed by atoms with Crippen LogP contribution in [0.1, 0.15) is 5.82 Å². The Hall–Kier alpha value is -2.08. The SMILES string of the molecule is COc1cc2nc3n(c(=O)c2cc1OC)CCN(C)CC3. The predicted molar refractivity (Wildman–Crippen MR) is 80.3 cm³/mol. The average Bonchev–Trinajstić information content (AvgIpc) is 2.68. The Morgan fingerprint density at radius 3 is 2.52 bits per heavy atom. The van der Waals surface area contributed by atoms with Crippen molar-refractivity contribution < 1.29 is 9.47 Å². The summed E-state index contributed by atoms with van der Waals surface area (Å²) in [5.41, 5.74) is 0.653. The molecule has 1 aromatic heterocycles. The van der Waals surface area contributed by atoms with Crippen molar-refractivity contribution in [1.29, 1.82) is 0 Å². The van der Waals surface area contributed by atoms with Crippen LogP contribution in [0.2, 0.25) is 0 Å². The topological polar surface area (TPSA) is 56.6 Å². The van der Waals surface area contributed by atoms with Gasteiger partial charge in [0.25, 0.3) is 5.56 Å². The minimum Gasteiger partial charge on any atom is -0.493 e. The molecule has 0 saturated heterocycles. The van der Waals surface area contributed by atoms with Gasteiger partial charge in [0.1, 0.15) is 5.82 Å². The zero-order chi connectivity index (χ0) is 15.0. The first kappa shape index (κ1) is 13.9. The average molecular weight is 289 g/mol. The minimum absolute atomic E-state index is 0.00810. The summed E-state index contributed by atoms with van der Waals surface area (Å²) in [6.45, 7) is 2.43. The van der Waals surface area contributed by atoms with Gasteiger partial charge in [-0.15, -0.1) is 0 Å². The minimum atomic E-state index is -0.00810. The van der Waals surface area contributed by atoms with Gasteiger partial charge in [-0.1, -0.05) is 0 Å². The lowest BCUT2D eigenvalue weighted by Gasteiger charge is -2.12. The van der Waals surface area contributed by atoms with Gasteiger partial charge in [0.15, 0.2) is 11.5 Å². The fraction of sp³-hybridized carbons (Fsp3) is 0.467. The van der Waals surface area contributed by atoms with Crippen molar-refractivity contribution in [2.45, 2.75) is 13.0 Å². The molecule has 112 valence electrons. The summed E-state index contributed by atoms with van der Waals surface area (Å²) in [6, 6.07) is 3.48. The molecule has 2 aromatic rings. The number of aromatic nitrogens is 2. The van der Waals surface area contributed by atoms with Crippen LogP contribution in [0.3, 0.4) is 0 Å². The Labute approximate surface area is 122 Å². The van der Waals surface area contributed by atoms with Crippen LogP contribution < -0.4 is 15.0 Å². The quantitative estimate of drug-likeness (QED) is 0.822. The van der Waals surface area contributed by atoms with Crippen molar-refractivity contribution in [2.75, 3.05) is 34.4 Å². The van der Waals surface area contributed by atoms with E-state index in [4.69, 9.17) is 9.47 Å². The van der Waals surface area contributed by atoms with Crippen LogP contribution in [-0.4, -0.2) is 48.8 Å². The summed E-state index contributed by atoms with van der Waals surface area (Å²) in [5, 5.41) is 0.570. The van der Waals surface area contributed by atoms with Gasteiger partial charge in [-0.25, -0.2) is 4.98 Å². The monoisotopic (exact) mass is 289 g/mol. The first-order valence-electron chi connectivity index (χ1n) is 6.98. The van der Waals surface area contributed by atoms with Gasteiger partial charge in [0.2, 0.25) is 0 Å². The predicted octanol–water partition coefficient (Wildman–Crippen LogP) is 0.902. The molecule has 0 radical (unpaired) electrons. The van der Waals surface area contributed by atoms with Crippen LogP contribution in [0, 0.1) is 0 Å². The van der Waals surface area contributed by atoms with Gasteiger partial charge < -0.3 is 14.4 Å². The molecule has 0 atom stereocenters. The summed E-state index contributed by atoms with van der Waals surface area (Å²) in [6.07, 6.45) is 0.774. The number of nitrogens with zero attached hydrogens (tertiary/aromatic N) is 3. The van der Waals surface area contributed by atoms with Crippen LogP contribution >= 0.6 is 0 Å². The molecule has 3 rings (SSSR count). The summed E-state index contributed by atoms with van der Waals surface area (Å²) in [5.74, 6) is 1.98. The highest BCUT2D eigenvalue weighted by molar-refractivity contribution is 5.82. The fourth-order valence-electron chi connectivity index (χ4n) is 2.69. The van der Waals surface area contributed by atoms with Crippen molar-refractivity contribution in [3.8, 4) is 11.5 Å². The third-order valence-electron chi connectivity index (χ3n) is 3.96. The molecule has 6 heteroatoms. The number of hydrogen-bond donors (Lipinski definition) is 0. The van der Waals surface area contributed by atoms with Gasteiger partial charge in [0, 0.05) is 32.1 Å². The van der Waals surface area contributed by atoms with E-state index < -0.39 is 0 Å². The number of hydrogen-bond acceptors (Lipinski definition) is 5. The van der Waals surface area contributed by atoms with Crippen molar-refractivity contribution in [3.63, 3.8) is 0 Å². The van der Waals surface area contributed by atoms with E-state index in [2.05, 4.69) is 16.9 Å². The Kier molecular flexibility index (Phi) is 3.55. The smallest absolute Gasteiger partial charge is 0.261 e. The second kappa shape index (κ2) is 5.37. The van der Waals surface area contributed by atoms with E-state index in [1.165, 1.54) is 0 Å². The molecule has 0 saturated carbocycles. The molecule has 0 aliphatic carbocycles. The van der Waals surface area contributed by atoms with Gasteiger partial charge in [-0.2, -0.15) is 0 Å². The molecule has 0 fully saturated rings. The first-order chi connectivity index (χ1) is 10.1. The summed E-state index contributed by atoms with van der Waals surface area (Å²) in [4.78, 5) is 19.6. The molecule has 6 nitrogen and oxygen atoms in total. The van der Waals surface area contributed by atoms with E-state index in [9.17, 15) is 4.79 Å². The van der Waals surface area contributed by atoms with Crippen LogP contribution in [0.25, 0.3) is 10.9 Å². The second-order valence-electron chi connectivity index (χ2n) is 5.26. The molecule has 1 aliphatic rings. The van der Waals surface area contributed by atoms with E-state index in [1.807, 2.05) is 0 Å². The number of benzene rings is 1. The molecule has 0 unspecified atom stereocenters. The molecular weight excluding hydrogens is 270 g/mol. The highest BCUT2D eigenvalue weighted by Gasteiger charge is 2.17. The summed E-state index contributed by atoms with van der Waals surface area (Å²) < 4.78 is 12.3. The van der Waals surface area contributed by atoms with E-state index >= 15 is 0 Å². The third kappa shape index (κ3) is 2.35. The van der Waals surface area contributed by atoms with Crippen molar-refractivity contribution in [2.24, 2.45) is 0 Å². The molecule has 1 aromatic carbocycles. The molecule has 2 heterocycles. The van der Waals surface area contributed by atoms with Gasteiger partial charge in [0.05, 0.1) is 25.1 Å². The van der Waals surface area contributed by atoms with Crippen LogP contribution in [0.4, 0.5) is 0 Å². The van der Waals surface area contributed by atoms with E-state index in [0.29, 0.717) is 28.9 Å². The zero-order valence-corrected chi connectivity index (χ0v) is 12.5.